The predicted octanol–water partition coefficient (Wildman–Crippen LogP) is -4.18. The van der Waals surface area contributed by atoms with Gasteiger partial charge in [-0.25, -0.2) is 0 Å². The molecule has 0 aliphatic carbocycles. The van der Waals surface area contributed by atoms with Crippen LogP contribution in [0.3, 0.4) is 0 Å². The molecule has 0 radical (unpaired) electrons. The first kappa shape index (κ1) is 12.8. The summed E-state index contributed by atoms with van der Waals surface area (Å²) in [5.41, 5.74) is 4.73. The van der Waals surface area contributed by atoms with E-state index in [4.69, 9.17) is 5.73 Å². The third kappa shape index (κ3) is 6.28. The van der Waals surface area contributed by atoms with Gasteiger partial charge in [-0.1, -0.05) is 0 Å². The molecule has 6 heteroatoms. The zero-order chi connectivity index (χ0) is 7.44. The Morgan fingerprint density at radius 3 is 1.90 bits per heavy atom. The van der Waals surface area contributed by atoms with Crippen molar-refractivity contribution in [2.45, 2.75) is 12.5 Å². The van der Waals surface area contributed by atoms with E-state index >= 15 is 0 Å². The van der Waals surface area contributed by atoms with Crippen molar-refractivity contribution in [1.82, 2.24) is 0 Å². The van der Waals surface area contributed by atoms with Crippen LogP contribution < -0.4 is 15.9 Å². The minimum atomic E-state index is -1.58. The van der Waals surface area contributed by atoms with Gasteiger partial charge in [-0.3, -0.25) is 0 Å². The van der Waals surface area contributed by atoms with Crippen LogP contribution in [0.1, 0.15) is 6.42 Å². The fraction of sp³-hybridized carbons (Fsp3) is 0.500. The summed E-state index contributed by atoms with van der Waals surface area (Å²) in [5.74, 6) is -3.08. The quantitative estimate of drug-likeness (QED) is 0.433. The van der Waals surface area contributed by atoms with Crippen LogP contribution in [0.2, 0.25) is 0 Å². The van der Waals surface area contributed by atoms with Crippen LogP contribution in [-0.2, 0) is 9.59 Å². The van der Waals surface area contributed by atoms with Crippen molar-refractivity contribution in [2.24, 2.45) is 5.73 Å². The summed E-state index contributed by atoms with van der Waals surface area (Å²) in [5, 5.41) is 19.3. The molecule has 0 aromatic carbocycles. The van der Waals surface area contributed by atoms with Crippen molar-refractivity contribution in [3.63, 3.8) is 0 Å². The third-order valence-corrected chi connectivity index (χ3v) is 0.689. The van der Waals surface area contributed by atoms with E-state index in [0.29, 0.717) is 0 Å². The van der Waals surface area contributed by atoms with Gasteiger partial charge in [0, 0.05) is 18.4 Å². The van der Waals surface area contributed by atoms with Crippen LogP contribution in [-0.4, -0.2) is 55.7 Å². The number of carboxylic acids is 2. The van der Waals surface area contributed by atoms with E-state index in [1.54, 1.807) is 0 Å². The van der Waals surface area contributed by atoms with E-state index in [1.807, 2.05) is 0 Å². The van der Waals surface area contributed by atoms with E-state index in [0.717, 1.165) is 0 Å². The molecule has 0 saturated carbocycles. The molecule has 0 unspecified atom stereocenters. The van der Waals surface area contributed by atoms with Crippen molar-refractivity contribution in [3.05, 3.63) is 0 Å². The summed E-state index contributed by atoms with van der Waals surface area (Å²) >= 11 is 0. The van der Waals surface area contributed by atoms with Crippen LogP contribution in [0, 0.1) is 0 Å². The molecule has 0 aromatic rings. The summed E-state index contributed by atoms with van der Waals surface area (Å²) in [7, 11) is 0. The summed E-state index contributed by atoms with van der Waals surface area (Å²) in [4.78, 5) is 19.3. The Morgan fingerprint density at radius 1 is 1.40 bits per heavy atom. The molecular formula is C4H5CaNO4. The molecule has 0 spiro atoms. The van der Waals surface area contributed by atoms with Crippen molar-refractivity contribution in [1.29, 1.82) is 0 Å². The van der Waals surface area contributed by atoms with Gasteiger partial charge >= 0.3 is 37.7 Å². The molecule has 0 fully saturated rings. The number of carboxylic acid groups (broad SMARTS) is 2. The molecule has 0 saturated heterocycles. The number of carbonyl (C=O) groups excluding carboxylic acids is 2. The molecule has 2 N–H and O–H groups in total. The van der Waals surface area contributed by atoms with Crippen molar-refractivity contribution >= 4 is 49.7 Å². The van der Waals surface area contributed by atoms with E-state index in [2.05, 4.69) is 0 Å². The molecule has 0 aliphatic heterocycles. The number of rotatable bonds is 3. The molecule has 10 heavy (non-hydrogen) atoms. The second-order valence-corrected chi connectivity index (χ2v) is 1.50. The van der Waals surface area contributed by atoms with Crippen LogP contribution >= 0.6 is 0 Å². The van der Waals surface area contributed by atoms with Crippen LogP contribution in [0.5, 0.6) is 0 Å². The fourth-order valence-corrected chi connectivity index (χ4v) is 0.263. The van der Waals surface area contributed by atoms with Crippen LogP contribution in [0.25, 0.3) is 0 Å². The molecule has 5 nitrogen and oxygen atoms in total. The molecule has 0 bridgehead atoms. The van der Waals surface area contributed by atoms with Crippen LogP contribution in [0.15, 0.2) is 0 Å². The van der Waals surface area contributed by atoms with Gasteiger partial charge in [0.2, 0.25) is 0 Å². The molecule has 0 aromatic heterocycles. The largest absolute Gasteiger partial charge is 2.00 e. The minimum Gasteiger partial charge on any atom is -0.550 e. The molecule has 0 rings (SSSR count). The SMILES string of the molecule is N[C@@H](CC(=O)[O-])C(=O)[O-].[Ca+2]. The smallest absolute Gasteiger partial charge is 0.550 e. The van der Waals surface area contributed by atoms with Crippen molar-refractivity contribution < 1.29 is 19.8 Å². The Bertz CT molecular complexity index is 137. The van der Waals surface area contributed by atoms with Gasteiger partial charge in [-0.2, -0.15) is 0 Å². The maximum Gasteiger partial charge on any atom is 2.00 e. The van der Waals surface area contributed by atoms with Gasteiger partial charge in [0.05, 0.1) is 5.97 Å². The Kier molecular flexibility index (Phi) is 7.56. The van der Waals surface area contributed by atoms with E-state index in [-0.39, 0.29) is 37.7 Å². The summed E-state index contributed by atoms with van der Waals surface area (Å²) in [6.45, 7) is 0. The van der Waals surface area contributed by atoms with Gasteiger partial charge in [0.1, 0.15) is 0 Å². The Hall–Kier alpha value is 0.160. The van der Waals surface area contributed by atoms with Gasteiger partial charge in [-0.05, 0) is 0 Å². The Labute approximate surface area is 87.2 Å². The monoisotopic (exact) mass is 171 g/mol. The zero-order valence-electron chi connectivity index (χ0n) is 5.20. The maximum absolute atomic E-state index is 9.71. The maximum atomic E-state index is 9.71. The topological polar surface area (TPSA) is 106 Å². The standard InChI is InChI=1S/C4H7NO4.Ca/c5-2(4(8)9)1-3(6)7;/h2H,1,5H2,(H,6,7)(H,8,9);/q;+2/p-2/t2-;/m0./s1. The number of hydrogen-bond acceptors (Lipinski definition) is 5. The predicted molar refractivity (Wildman–Crippen MR) is 28.4 cm³/mol. The number of hydrogen-bond donors (Lipinski definition) is 1. The second-order valence-electron chi connectivity index (χ2n) is 1.50. The van der Waals surface area contributed by atoms with Crippen molar-refractivity contribution in [3.8, 4) is 0 Å². The average molecular weight is 171 g/mol. The zero-order valence-corrected chi connectivity index (χ0v) is 7.41. The van der Waals surface area contributed by atoms with E-state index in [1.165, 1.54) is 0 Å². The van der Waals surface area contributed by atoms with E-state index < -0.39 is 24.4 Å². The molecule has 1 atom stereocenters. The van der Waals surface area contributed by atoms with Gasteiger partial charge in [0.15, 0.2) is 0 Å². The number of aliphatic carboxylic acids is 2. The van der Waals surface area contributed by atoms with Gasteiger partial charge in [-0.15, -0.1) is 0 Å². The first-order chi connectivity index (χ1) is 4.04. The summed E-state index contributed by atoms with van der Waals surface area (Å²) in [6, 6.07) is -1.46. The number of nitrogens with two attached hydrogens (primary N) is 1. The Balaban J connectivity index is 0. The minimum absolute atomic E-state index is 0. The van der Waals surface area contributed by atoms with Crippen LogP contribution in [0.4, 0.5) is 0 Å². The van der Waals surface area contributed by atoms with E-state index in [9.17, 15) is 19.8 Å². The first-order valence-corrected chi connectivity index (χ1v) is 2.20. The normalized spacial score (nSPS) is 11.3. The molecule has 0 aliphatic rings. The molecule has 0 amide bonds. The molecular weight excluding hydrogens is 166 g/mol. The number of carbonyl (C=O) groups is 2. The molecule has 0 heterocycles. The Morgan fingerprint density at radius 2 is 1.80 bits per heavy atom. The van der Waals surface area contributed by atoms with Gasteiger partial charge in [0.25, 0.3) is 0 Å². The fourth-order valence-electron chi connectivity index (χ4n) is 0.263. The third-order valence-electron chi connectivity index (χ3n) is 0.689. The summed E-state index contributed by atoms with van der Waals surface area (Å²) in [6.07, 6.45) is -0.706. The second kappa shape index (κ2) is 5.91. The summed E-state index contributed by atoms with van der Waals surface area (Å²) < 4.78 is 0. The first-order valence-electron chi connectivity index (χ1n) is 2.20. The van der Waals surface area contributed by atoms with Gasteiger partial charge < -0.3 is 25.5 Å². The molecule has 52 valence electrons. The van der Waals surface area contributed by atoms with Crippen molar-refractivity contribution in [2.75, 3.05) is 0 Å². The average Bonchev–Trinajstić information content (AvgIpc) is 1.63.